The summed E-state index contributed by atoms with van der Waals surface area (Å²) in [6.45, 7) is 15.4. The standard InChI is InChI=1S/C10H15.2C2H5.NO.W/c1-7-6-10(4,5)9(3)8(7)2;3*1-2;/h1-5H3;2*1H2,2H3;;/q;;;-1;+1. The van der Waals surface area contributed by atoms with Crippen LogP contribution in [0.15, 0.2) is 24.4 Å². The maximum absolute atomic E-state index is 11.5. The number of nitrogens with zero attached hydrogens (tertiary/aromatic N) is 1. The summed E-state index contributed by atoms with van der Waals surface area (Å²) < 4.78 is 5.17. The first kappa shape index (κ1) is 14.8. The summed E-state index contributed by atoms with van der Waals surface area (Å²) in [5, 5.41) is 0. The van der Waals surface area contributed by atoms with E-state index in [2.05, 4.69) is 52.2 Å². The molecule has 0 N–H and O–H groups in total. The Bertz CT molecular complexity index is 400. The molecule has 0 aromatic heterocycles. The third kappa shape index (κ3) is 1.99. The second-order valence-corrected chi connectivity index (χ2v) is 17.5. The zero-order valence-electron chi connectivity index (χ0n) is 12.2. The van der Waals surface area contributed by atoms with Crippen LogP contribution in [0.2, 0.25) is 9.62 Å². The predicted octanol–water partition coefficient (Wildman–Crippen LogP) is 5.35. The van der Waals surface area contributed by atoms with Gasteiger partial charge in [-0.25, -0.2) is 0 Å². The minimum absolute atomic E-state index is 0.0590. The van der Waals surface area contributed by atoms with Crippen molar-refractivity contribution in [2.45, 2.75) is 58.1 Å². The molecule has 0 aromatic rings. The van der Waals surface area contributed by atoms with Crippen LogP contribution in [0, 0.1) is 10.3 Å². The summed E-state index contributed by atoms with van der Waals surface area (Å²) in [7, 11) is 0. The second kappa shape index (κ2) is 4.80. The van der Waals surface area contributed by atoms with Gasteiger partial charge in [0.25, 0.3) is 0 Å². The van der Waals surface area contributed by atoms with Gasteiger partial charge in [-0.3, -0.25) is 0 Å². The number of rotatable bonds is 4. The second-order valence-electron chi connectivity index (χ2n) is 5.32. The van der Waals surface area contributed by atoms with E-state index in [1.54, 1.807) is 0 Å². The Balaban J connectivity index is 3.47. The first-order chi connectivity index (χ1) is 7.78. The molecule has 0 spiro atoms. The Hall–Kier alpha value is -0.232. The molecule has 1 aliphatic carbocycles. The molecular formula is C14H25NOW. The Kier molecular flexibility index (Phi) is 4.19. The molecule has 0 heterocycles. The topological polar surface area (TPSA) is 29.4 Å². The van der Waals surface area contributed by atoms with E-state index in [9.17, 15) is 4.91 Å². The van der Waals surface area contributed by atoms with Gasteiger partial charge < -0.3 is 0 Å². The van der Waals surface area contributed by atoms with E-state index >= 15 is 0 Å². The van der Waals surface area contributed by atoms with Crippen molar-refractivity contribution < 1.29 is 16.3 Å². The molecule has 0 atom stereocenters. The van der Waals surface area contributed by atoms with Crippen LogP contribution in [-0.4, -0.2) is 0 Å². The van der Waals surface area contributed by atoms with Gasteiger partial charge in [0.2, 0.25) is 0 Å². The molecule has 0 saturated carbocycles. The molecule has 17 heavy (non-hydrogen) atoms. The fraction of sp³-hybridized carbons (Fsp3) is 0.714. The first-order valence-electron chi connectivity index (χ1n) is 6.31. The van der Waals surface area contributed by atoms with E-state index < -0.39 is 16.3 Å². The Morgan fingerprint density at radius 2 is 1.53 bits per heavy atom. The van der Waals surface area contributed by atoms with Crippen molar-refractivity contribution in [1.82, 2.24) is 0 Å². The fourth-order valence-corrected chi connectivity index (χ4v) is 14.1. The zero-order valence-corrected chi connectivity index (χ0v) is 15.1. The SMILES string of the molecule is C[CH2][W]([CH2]C)([N]=O)[C]1=C(C)C(C)=C(C)C1(C)C. The van der Waals surface area contributed by atoms with Crippen LogP contribution in [0.4, 0.5) is 0 Å². The molecular weight excluding hydrogens is 382 g/mol. The molecule has 0 saturated heterocycles. The normalized spacial score (nSPS) is 21.1. The van der Waals surface area contributed by atoms with Crippen molar-refractivity contribution in [3.63, 3.8) is 0 Å². The van der Waals surface area contributed by atoms with Crippen LogP contribution in [0.25, 0.3) is 0 Å². The summed E-state index contributed by atoms with van der Waals surface area (Å²) in [5.74, 6) is 0. The molecule has 0 fully saturated rings. The third-order valence-electron chi connectivity index (χ3n) is 4.45. The van der Waals surface area contributed by atoms with E-state index in [1.165, 1.54) is 20.7 Å². The number of nitroso groups, excluding NO2 is 1. The van der Waals surface area contributed by atoms with Crippen LogP contribution in [0.3, 0.4) is 0 Å². The minimum atomic E-state index is -2.98. The molecule has 1 rings (SSSR count). The van der Waals surface area contributed by atoms with Crippen LogP contribution >= 0.6 is 0 Å². The summed E-state index contributed by atoms with van der Waals surface area (Å²) in [4.78, 5) is 13.5. The van der Waals surface area contributed by atoms with Gasteiger partial charge in [-0.1, -0.05) is 0 Å². The van der Waals surface area contributed by atoms with Gasteiger partial charge in [-0.15, -0.1) is 0 Å². The molecule has 0 aliphatic heterocycles. The van der Waals surface area contributed by atoms with Gasteiger partial charge in [-0.05, 0) is 0 Å². The van der Waals surface area contributed by atoms with Gasteiger partial charge in [0.1, 0.15) is 0 Å². The van der Waals surface area contributed by atoms with Gasteiger partial charge >= 0.3 is 109 Å². The molecule has 2 nitrogen and oxygen atoms in total. The first-order valence-corrected chi connectivity index (χ1v) is 13.2. The van der Waals surface area contributed by atoms with Crippen molar-refractivity contribution in [3.8, 4) is 0 Å². The maximum atomic E-state index is 11.5. The van der Waals surface area contributed by atoms with E-state index in [0.717, 1.165) is 9.62 Å². The monoisotopic (exact) mass is 407 g/mol. The number of hydrogen-bond donors (Lipinski definition) is 0. The molecule has 1 aliphatic rings. The van der Waals surface area contributed by atoms with Crippen molar-refractivity contribution in [1.29, 1.82) is 0 Å². The summed E-state index contributed by atoms with van der Waals surface area (Å²) in [6.07, 6.45) is 0. The summed E-state index contributed by atoms with van der Waals surface area (Å²) in [6, 6.07) is 0. The fourth-order valence-electron chi connectivity index (χ4n) is 2.95. The Morgan fingerprint density at radius 3 is 1.76 bits per heavy atom. The Labute approximate surface area is 109 Å². The third-order valence-corrected chi connectivity index (χ3v) is 18.0. The number of allylic oxidation sites excluding steroid dienone is 4. The predicted molar refractivity (Wildman–Crippen MR) is 71.6 cm³/mol. The van der Waals surface area contributed by atoms with E-state index in [-0.39, 0.29) is 5.41 Å². The molecule has 0 bridgehead atoms. The van der Waals surface area contributed by atoms with Crippen molar-refractivity contribution in [2.75, 3.05) is 0 Å². The molecule has 3 heteroatoms. The van der Waals surface area contributed by atoms with Gasteiger partial charge in [0.05, 0.1) is 0 Å². The molecule has 98 valence electrons. The quantitative estimate of drug-likeness (QED) is 0.578. The average Bonchev–Trinajstić information content (AvgIpc) is 2.46. The van der Waals surface area contributed by atoms with Crippen LogP contribution in [-0.2, 0) is 16.3 Å². The van der Waals surface area contributed by atoms with Crippen LogP contribution in [0.1, 0.15) is 48.5 Å². The molecule has 0 amide bonds. The van der Waals surface area contributed by atoms with Crippen LogP contribution in [0.5, 0.6) is 0 Å². The van der Waals surface area contributed by atoms with E-state index in [1.807, 2.05) is 0 Å². The summed E-state index contributed by atoms with van der Waals surface area (Å²) in [5.41, 5.74) is 4.24. The molecule has 0 aromatic carbocycles. The van der Waals surface area contributed by atoms with Gasteiger partial charge in [0, 0.05) is 0 Å². The molecule has 0 unspecified atom stereocenters. The van der Waals surface area contributed by atoms with Crippen molar-refractivity contribution >= 4 is 0 Å². The van der Waals surface area contributed by atoms with Crippen molar-refractivity contribution in [3.05, 3.63) is 25.6 Å². The van der Waals surface area contributed by atoms with Gasteiger partial charge in [-0.2, -0.15) is 0 Å². The Morgan fingerprint density at radius 1 is 1.06 bits per heavy atom. The van der Waals surface area contributed by atoms with Crippen LogP contribution < -0.4 is 0 Å². The zero-order chi connectivity index (χ0) is 13.4. The molecule has 0 radical (unpaired) electrons. The van der Waals surface area contributed by atoms with Gasteiger partial charge in [0.15, 0.2) is 0 Å². The van der Waals surface area contributed by atoms with E-state index in [0.29, 0.717) is 0 Å². The average molecular weight is 407 g/mol. The van der Waals surface area contributed by atoms with Crippen molar-refractivity contribution in [2.24, 2.45) is 9.15 Å². The summed E-state index contributed by atoms with van der Waals surface area (Å²) >= 11 is -2.98. The number of hydrogen-bond acceptors (Lipinski definition) is 2. The van der Waals surface area contributed by atoms with E-state index in [4.69, 9.17) is 0 Å².